The van der Waals surface area contributed by atoms with E-state index in [1.165, 1.54) is 0 Å². The SMILES string of the molecule is CC/C=C(/C)C(=O)Nc1ccc(Cl)c(CS(C)=O)c1. The Hall–Kier alpha value is -1.13. The van der Waals surface area contributed by atoms with Gasteiger partial charge in [-0.2, -0.15) is 0 Å². The molecule has 1 atom stereocenters. The zero-order valence-corrected chi connectivity index (χ0v) is 12.9. The second-order valence-electron chi connectivity index (χ2n) is 4.27. The van der Waals surface area contributed by atoms with E-state index in [0.29, 0.717) is 22.0 Å². The van der Waals surface area contributed by atoms with E-state index in [-0.39, 0.29) is 5.91 Å². The number of halogens is 1. The van der Waals surface area contributed by atoms with Gasteiger partial charge >= 0.3 is 0 Å². The van der Waals surface area contributed by atoms with Crippen LogP contribution >= 0.6 is 11.6 Å². The van der Waals surface area contributed by atoms with Crippen LogP contribution in [0.3, 0.4) is 0 Å². The van der Waals surface area contributed by atoms with Crippen LogP contribution in [0.25, 0.3) is 0 Å². The van der Waals surface area contributed by atoms with Gasteiger partial charge in [-0.15, -0.1) is 0 Å². The Morgan fingerprint density at radius 2 is 2.16 bits per heavy atom. The van der Waals surface area contributed by atoms with Gasteiger partial charge in [0.05, 0.1) is 0 Å². The predicted molar refractivity (Wildman–Crippen MR) is 81.9 cm³/mol. The summed E-state index contributed by atoms with van der Waals surface area (Å²) >= 11 is 6.03. The number of hydrogen-bond acceptors (Lipinski definition) is 2. The molecular weight excluding hydrogens is 282 g/mol. The van der Waals surface area contributed by atoms with Gasteiger partial charge in [0.15, 0.2) is 0 Å². The average molecular weight is 300 g/mol. The van der Waals surface area contributed by atoms with Crippen molar-refractivity contribution in [1.82, 2.24) is 0 Å². The van der Waals surface area contributed by atoms with Crippen LogP contribution in [0.5, 0.6) is 0 Å². The van der Waals surface area contributed by atoms with Crippen LogP contribution in [0.2, 0.25) is 5.02 Å². The van der Waals surface area contributed by atoms with Crippen LogP contribution in [-0.2, 0) is 21.3 Å². The molecule has 3 nitrogen and oxygen atoms in total. The second kappa shape index (κ2) is 7.46. The number of allylic oxidation sites excluding steroid dienone is 1. The molecule has 1 aromatic carbocycles. The lowest BCUT2D eigenvalue weighted by molar-refractivity contribution is -0.112. The normalized spacial score (nSPS) is 13.2. The second-order valence-corrected chi connectivity index (χ2v) is 6.12. The highest BCUT2D eigenvalue weighted by atomic mass is 35.5. The molecule has 1 amide bonds. The molecule has 0 saturated carbocycles. The maximum atomic E-state index is 11.8. The van der Waals surface area contributed by atoms with Crippen molar-refractivity contribution in [2.45, 2.75) is 26.0 Å². The molecule has 1 unspecified atom stereocenters. The van der Waals surface area contributed by atoms with Crippen molar-refractivity contribution in [3.8, 4) is 0 Å². The molecule has 1 N–H and O–H groups in total. The Morgan fingerprint density at radius 1 is 1.47 bits per heavy atom. The van der Waals surface area contributed by atoms with Crippen molar-refractivity contribution < 1.29 is 9.00 Å². The molecular formula is C14H18ClNO2S. The van der Waals surface area contributed by atoms with Gasteiger partial charge in [-0.3, -0.25) is 9.00 Å². The lowest BCUT2D eigenvalue weighted by atomic mass is 10.2. The molecule has 0 radical (unpaired) electrons. The largest absolute Gasteiger partial charge is 0.322 e. The number of benzene rings is 1. The summed E-state index contributed by atoms with van der Waals surface area (Å²) in [5.41, 5.74) is 2.12. The molecule has 0 fully saturated rings. The van der Waals surface area contributed by atoms with E-state index < -0.39 is 10.8 Å². The standard InChI is InChI=1S/C14H18ClNO2S/c1-4-5-10(2)14(17)16-12-6-7-13(15)11(8-12)9-19(3)18/h5-8H,4,9H2,1-3H3,(H,16,17)/b10-5-. The third-order valence-corrected chi connectivity index (χ3v) is 3.62. The molecule has 1 aromatic rings. The lowest BCUT2D eigenvalue weighted by Gasteiger charge is -2.09. The van der Waals surface area contributed by atoms with E-state index in [1.54, 1.807) is 31.4 Å². The first-order valence-electron chi connectivity index (χ1n) is 6.00. The van der Waals surface area contributed by atoms with Gasteiger partial charge in [-0.1, -0.05) is 24.6 Å². The number of amides is 1. The highest BCUT2D eigenvalue weighted by molar-refractivity contribution is 7.83. The van der Waals surface area contributed by atoms with E-state index in [0.717, 1.165) is 12.0 Å². The molecule has 0 aliphatic carbocycles. The Balaban J connectivity index is 2.88. The maximum absolute atomic E-state index is 11.8. The number of anilines is 1. The molecule has 0 aliphatic rings. The van der Waals surface area contributed by atoms with Crippen molar-refractivity contribution in [3.05, 3.63) is 40.4 Å². The van der Waals surface area contributed by atoms with Gasteiger partial charge in [-0.25, -0.2) is 0 Å². The summed E-state index contributed by atoms with van der Waals surface area (Å²) in [6, 6.07) is 5.21. The van der Waals surface area contributed by atoms with Gasteiger partial charge in [-0.05, 0) is 37.1 Å². The highest BCUT2D eigenvalue weighted by Crippen LogP contribution is 2.22. The van der Waals surface area contributed by atoms with Gasteiger partial charge in [0.25, 0.3) is 5.91 Å². The van der Waals surface area contributed by atoms with Crippen molar-refractivity contribution >= 4 is 34.0 Å². The topological polar surface area (TPSA) is 46.2 Å². The number of nitrogens with one attached hydrogen (secondary N) is 1. The quantitative estimate of drug-likeness (QED) is 0.846. The summed E-state index contributed by atoms with van der Waals surface area (Å²) in [4.78, 5) is 11.8. The van der Waals surface area contributed by atoms with E-state index in [9.17, 15) is 9.00 Å². The molecule has 0 saturated heterocycles. The summed E-state index contributed by atoms with van der Waals surface area (Å²) in [5, 5.41) is 3.37. The molecule has 0 heterocycles. The molecule has 19 heavy (non-hydrogen) atoms. The van der Waals surface area contributed by atoms with Crippen LogP contribution in [0.15, 0.2) is 29.8 Å². The zero-order valence-electron chi connectivity index (χ0n) is 11.3. The van der Waals surface area contributed by atoms with Crippen molar-refractivity contribution in [2.24, 2.45) is 0 Å². The minimum absolute atomic E-state index is 0.132. The van der Waals surface area contributed by atoms with E-state index in [1.807, 2.05) is 13.0 Å². The summed E-state index contributed by atoms with van der Waals surface area (Å²) in [5.74, 6) is 0.250. The molecule has 1 rings (SSSR count). The van der Waals surface area contributed by atoms with Crippen LogP contribution in [-0.4, -0.2) is 16.4 Å². The fraction of sp³-hybridized carbons (Fsp3) is 0.357. The first-order chi connectivity index (χ1) is 8.93. The average Bonchev–Trinajstić information content (AvgIpc) is 2.33. The third kappa shape index (κ3) is 5.17. The Bertz CT molecular complexity index is 526. The van der Waals surface area contributed by atoms with E-state index >= 15 is 0 Å². The van der Waals surface area contributed by atoms with Gasteiger partial charge in [0.2, 0.25) is 0 Å². The third-order valence-electron chi connectivity index (χ3n) is 2.53. The smallest absolute Gasteiger partial charge is 0.250 e. The summed E-state index contributed by atoms with van der Waals surface area (Å²) in [6.45, 7) is 3.75. The van der Waals surface area contributed by atoms with Crippen LogP contribution < -0.4 is 5.32 Å². The summed E-state index contributed by atoms with van der Waals surface area (Å²) < 4.78 is 11.2. The minimum Gasteiger partial charge on any atom is -0.322 e. The Kier molecular flexibility index (Phi) is 6.25. The molecule has 0 aromatic heterocycles. The molecule has 104 valence electrons. The molecule has 0 aliphatic heterocycles. The molecule has 0 spiro atoms. The fourth-order valence-electron chi connectivity index (χ4n) is 1.61. The van der Waals surface area contributed by atoms with E-state index in [2.05, 4.69) is 5.32 Å². The first-order valence-corrected chi connectivity index (χ1v) is 8.11. The van der Waals surface area contributed by atoms with Gasteiger partial charge in [0, 0.05) is 39.1 Å². The number of rotatable bonds is 5. The highest BCUT2D eigenvalue weighted by Gasteiger charge is 2.08. The Morgan fingerprint density at radius 3 is 2.74 bits per heavy atom. The minimum atomic E-state index is -0.968. The zero-order chi connectivity index (χ0) is 14.4. The van der Waals surface area contributed by atoms with Crippen molar-refractivity contribution in [2.75, 3.05) is 11.6 Å². The van der Waals surface area contributed by atoms with Crippen LogP contribution in [0.1, 0.15) is 25.8 Å². The number of carbonyl (C=O) groups excluding carboxylic acids is 1. The van der Waals surface area contributed by atoms with Gasteiger partial charge in [0.1, 0.15) is 0 Å². The Labute approximate surface area is 121 Å². The number of hydrogen-bond donors (Lipinski definition) is 1. The van der Waals surface area contributed by atoms with Crippen molar-refractivity contribution in [3.63, 3.8) is 0 Å². The van der Waals surface area contributed by atoms with Gasteiger partial charge < -0.3 is 5.32 Å². The molecule has 5 heteroatoms. The summed E-state index contributed by atoms with van der Waals surface area (Å²) in [6.07, 6.45) is 4.31. The molecule has 0 bridgehead atoms. The number of carbonyl (C=O) groups is 1. The summed E-state index contributed by atoms with van der Waals surface area (Å²) in [7, 11) is -0.968. The predicted octanol–water partition coefficient (Wildman–Crippen LogP) is 3.51. The first kappa shape index (κ1) is 15.9. The van der Waals surface area contributed by atoms with E-state index in [4.69, 9.17) is 11.6 Å². The van der Waals surface area contributed by atoms with Crippen LogP contribution in [0, 0.1) is 0 Å². The van der Waals surface area contributed by atoms with Crippen molar-refractivity contribution in [1.29, 1.82) is 0 Å². The fourth-order valence-corrected chi connectivity index (χ4v) is 2.55. The maximum Gasteiger partial charge on any atom is 0.250 e. The monoisotopic (exact) mass is 299 g/mol. The van der Waals surface area contributed by atoms with Crippen LogP contribution in [0.4, 0.5) is 5.69 Å². The lowest BCUT2D eigenvalue weighted by Crippen LogP contribution is -2.12.